The fourth-order valence-corrected chi connectivity index (χ4v) is 3.82. The van der Waals surface area contributed by atoms with Gasteiger partial charge in [0.1, 0.15) is 0 Å². The smallest absolute Gasteiger partial charge is 0.00895 e. The molecule has 1 aliphatic carbocycles. The Labute approximate surface area is 124 Å². The van der Waals surface area contributed by atoms with Gasteiger partial charge >= 0.3 is 0 Å². The van der Waals surface area contributed by atoms with Crippen LogP contribution in [0.25, 0.3) is 0 Å². The summed E-state index contributed by atoms with van der Waals surface area (Å²) in [5.74, 6) is 0. The molecule has 2 nitrogen and oxygen atoms in total. The summed E-state index contributed by atoms with van der Waals surface area (Å²) in [6.07, 6.45) is 6.61. The Hall–Kier alpha value is -0.860. The molecule has 0 spiro atoms. The van der Waals surface area contributed by atoms with Gasteiger partial charge in [0.2, 0.25) is 0 Å². The van der Waals surface area contributed by atoms with E-state index in [1.165, 1.54) is 44.2 Å². The first-order valence-corrected chi connectivity index (χ1v) is 7.86. The van der Waals surface area contributed by atoms with E-state index in [1.54, 1.807) is 0 Å². The Kier molecular flexibility index (Phi) is 5.22. The van der Waals surface area contributed by atoms with Crippen LogP contribution in [0.5, 0.6) is 0 Å². The number of benzene rings is 1. The van der Waals surface area contributed by atoms with E-state index in [4.69, 9.17) is 0 Å². The molecule has 0 N–H and O–H groups in total. The van der Waals surface area contributed by atoms with Crippen LogP contribution >= 0.6 is 0 Å². The van der Waals surface area contributed by atoms with Gasteiger partial charge in [-0.3, -0.25) is 0 Å². The summed E-state index contributed by atoms with van der Waals surface area (Å²) in [7, 11) is 8.87. The number of nitrogens with zero attached hydrogens (tertiary/aromatic N) is 2. The molecule has 112 valence electrons. The zero-order chi connectivity index (χ0) is 14.6. The second-order valence-corrected chi connectivity index (χ2v) is 7.09. The van der Waals surface area contributed by atoms with Gasteiger partial charge in [0.15, 0.2) is 0 Å². The van der Waals surface area contributed by atoms with Gasteiger partial charge in [-0.05, 0) is 71.3 Å². The van der Waals surface area contributed by atoms with Crippen LogP contribution in [-0.4, -0.2) is 50.6 Å². The van der Waals surface area contributed by atoms with Crippen molar-refractivity contribution < 1.29 is 0 Å². The second-order valence-electron chi connectivity index (χ2n) is 7.09. The van der Waals surface area contributed by atoms with Crippen LogP contribution in [0.4, 0.5) is 0 Å². The SMILES string of the molecule is CN(C)CC1(Cc2ccccc2)CCC(N(C)C)CC1. The quantitative estimate of drug-likeness (QED) is 0.813. The Bertz CT molecular complexity index is 389. The topological polar surface area (TPSA) is 6.48 Å². The van der Waals surface area contributed by atoms with Gasteiger partial charge in [-0.2, -0.15) is 0 Å². The minimum absolute atomic E-state index is 0.470. The van der Waals surface area contributed by atoms with Gasteiger partial charge in [-0.15, -0.1) is 0 Å². The average molecular weight is 274 g/mol. The lowest BCUT2D eigenvalue weighted by Gasteiger charge is -2.43. The predicted octanol–water partition coefficient (Wildman–Crippen LogP) is 3.28. The van der Waals surface area contributed by atoms with Gasteiger partial charge in [-0.25, -0.2) is 0 Å². The fourth-order valence-electron chi connectivity index (χ4n) is 3.82. The minimum atomic E-state index is 0.470. The highest BCUT2D eigenvalue weighted by molar-refractivity contribution is 5.17. The third kappa shape index (κ3) is 4.07. The van der Waals surface area contributed by atoms with Crippen molar-refractivity contribution in [1.29, 1.82) is 0 Å². The molecule has 0 unspecified atom stereocenters. The van der Waals surface area contributed by atoms with E-state index in [1.807, 2.05) is 0 Å². The summed E-state index contributed by atoms with van der Waals surface area (Å²) < 4.78 is 0. The molecule has 2 heteroatoms. The maximum absolute atomic E-state index is 2.40. The van der Waals surface area contributed by atoms with Crippen LogP contribution in [0.15, 0.2) is 30.3 Å². The largest absolute Gasteiger partial charge is 0.309 e. The molecule has 1 saturated carbocycles. The van der Waals surface area contributed by atoms with Crippen molar-refractivity contribution in [2.24, 2.45) is 5.41 Å². The molecule has 2 rings (SSSR count). The normalized spacial score (nSPS) is 27.2. The zero-order valence-electron chi connectivity index (χ0n) is 13.6. The van der Waals surface area contributed by atoms with E-state index in [0.29, 0.717) is 5.41 Å². The van der Waals surface area contributed by atoms with E-state index in [-0.39, 0.29) is 0 Å². The van der Waals surface area contributed by atoms with Crippen LogP contribution < -0.4 is 0 Å². The Morgan fingerprint density at radius 2 is 1.60 bits per heavy atom. The lowest BCUT2D eigenvalue weighted by Crippen LogP contribution is -2.43. The lowest BCUT2D eigenvalue weighted by molar-refractivity contribution is 0.0882. The van der Waals surface area contributed by atoms with E-state index in [9.17, 15) is 0 Å². The third-order valence-corrected chi connectivity index (χ3v) is 4.82. The summed E-state index contributed by atoms with van der Waals surface area (Å²) in [6.45, 7) is 1.21. The molecule has 0 radical (unpaired) electrons. The van der Waals surface area contributed by atoms with E-state index in [0.717, 1.165) is 6.04 Å². The highest BCUT2D eigenvalue weighted by Gasteiger charge is 2.36. The van der Waals surface area contributed by atoms with Crippen LogP contribution in [0, 0.1) is 5.41 Å². The van der Waals surface area contributed by atoms with Gasteiger partial charge in [0.05, 0.1) is 0 Å². The summed E-state index contributed by atoms with van der Waals surface area (Å²) in [4.78, 5) is 4.78. The molecule has 0 heterocycles. The maximum atomic E-state index is 2.40. The fraction of sp³-hybridized carbons (Fsp3) is 0.667. The van der Waals surface area contributed by atoms with E-state index < -0.39 is 0 Å². The molecule has 0 saturated heterocycles. The second kappa shape index (κ2) is 6.73. The molecular formula is C18H30N2. The molecule has 0 aliphatic heterocycles. The summed E-state index contributed by atoms with van der Waals surface area (Å²) >= 11 is 0. The first kappa shape index (κ1) is 15.5. The monoisotopic (exact) mass is 274 g/mol. The highest BCUT2D eigenvalue weighted by atomic mass is 15.1. The first-order valence-electron chi connectivity index (χ1n) is 7.86. The Balaban J connectivity index is 2.07. The lowest BCUT2D eigenvalue weighted by atomic mass is 9.68. The Morgan fingerprint density at radius 1 is 1.00 bits per heavy atom. The van der Waals surface area contributed by atoms with Crippen molar-refractivity contribution in [2.75, 3.05) is 34.7 Å². The zero-order valence-corrected chi connectivity index (χ0v) is 13.6. The van der Waals surface area contributed by atoms with E-state index >= 15 is 0 Å². The molecule has 0 aromatic heterocycles. The Morgan fingerprint density at radius 3 is 2.10 bits per heavy atom. The van der Waals surface area contributed by atoms with Crippen molar-refractivity contribution in [3.8, 4) is 0 Å². The van der Waals surface area contributed by atoms with Crippen LogP contribution in [0.1, 0.15) is 31.2 Å². The standard InChI is InChI=1S/C18H30N2/c1-19(2)15-18(14-16-8-6-5-7-9-16)12-10-17(11-13-18)20(3)4/h5-9,17H,10-15H2,1-4H3. The average Bonchev–Trinajstić information content (AvgIpc) is 2.39. The molecule has 0 atom stereocenters. The predicted molar refractivity (Wildman–Crippen MR) is 87.1 cm³/mol. The van der Waals surface area contributed by atoms with Gasteiger partial charge < -0.3 is 9.80 Å². The van der Waals surface area contributed by atoms with Crippen LogP contribution in [0.3, 0.4) is 0 Å². The molecular weight excluding hydrogens is 244 g/mol. The third-order valence-electron chi connectivity index (χ3n) is 4.82. The molecule has 1 aromatic rings. The van der Waals surface area contributed by atoms with Crippen molar-refractivity contribution >= 4 is 0 Å². The summed E-state index contributed by atoms with van der Waals surface area (Å²) in [6, 6.07) is 11.8. The number of hydrogen-bond acceptors (Lipinski definition) is 2. The van der Waals surface area contributed by atoms with E-state index in [2.05, 4.69) is 68.3 Å². The van der Waals surface area contributed by atoms with Crippen molar-refractivity contribution in [2.45, 2.75) is 38.1 Å². The molecule has 1 fully saturated rings. The van der Waals surface area contributed by atoms with Crippen molar-refractivity contribution in [3.63, 3.8) is 0 Å². The van der Waals surface area contributed by atoms with Gasteiger partial charge in [-0.1, -0.05) is 30.3 Å². The van der Waals surface area contributed by atoms with Crippen LogP contribution in [0.2, 0.25) is 0 Å². The highest BCUT2D eigenvalue weighted by Crippen LogP contribution is 2.40. The molecule has 0 amide bonds. The summed E-state index contributed by atoms with van der Waals surface area (Å²) in [5, 5.41) is 0. The van der Waals surface area contributed by atoms with Crippen molar-refractivity contribution in [3.05, 3.63) is 35.9 Å². The minimum Gasteiger partial charge on any atom is -0.309 e. The molecule has 0 bridgehead atoms. The number of rotatable bonds is 5. The molecule has 1 aromatic carbocycles. The van der Waals surface area contributed by atoms with Gasteiger partial charge in [0.25, 0.3) is 0 Å². The van der Waals surface area contributed by atoms with Crippen LogP contribution in [-0.2, 0) is 6.42 Å². The maximum Gasteiger partial charge on any atom is 0.00895 e. The molecule has 20 heavy (non-hydrogen) atoms. The van der Waals surface area contributed by atoms with Gasteiger partial charge in [0, 0.05) is 12.6 Å². The number of hydrogen-bond donors (Lipinski definition) is 0. The first-order chi connectivity index (χ1) is 9.51. The summed E-state index contributed by atoms with van der Waals surface area (Å²) in [5.41, 5.74) is 1.97. The van der Waals surface area contributed by atoms with Crippen molar-refractivity contribution in [1.82, 2.24) is 9.80 Å². The molecule has 1 aliphatic rings.